The minimum absolute atomic E-state index is 0.264. The van der Waals surface area contributed by atoms with Crippen LogP contribution in [0.15, 0.2) is 61.2 Å². The van der Waals surface area contributed by atoms with E-state index in [4.69, 9.17) is 19.9 Å². The summed E-state index contributed by atoms with van der Waals surface area (Å²) in [6, 6.07) is 13.0. The number of nitrogens with zero attached hydrogens (tertiary/aromatic N) is 7. The van der Waals surface area contributed by atoms with Crippen molar-refractivity contribution in [2.75, 3.05) is 12.4 Å². The highest BCUT2D eigenvalue weighted by Gasteiger charge is 2.28. The fourth-order valence-electron chi connectivity index (χ4n) is 5.20. The van der Waals surface area contributed by atoms with Gasteiger partial charge < -0.3 is 14.6 Å². The Bertz CT molecular complexity index is 1530. The molecule has 0 spiro atoms. The Morgan fingerprint density at radius 3 is 2.46 bits per heavy atom. The molecule has 5 aromatic rings. The van der Waals surface area contributed by atoms with Crippen molar-refractivity contribution in [3.8, 4) is 34.0 Å². The lowest BCUT2D eigenvalue weighted by atomic mass is 10.0. The zero-order chi connectivity index (χ0) is 27.5. The van der Waals surface area contributed by atoms with Crippen molar-refractivity contribution in [3.63, 3.8) is 0 Å². The molecule has 0 bridgehead atoms. The average Bonchev–Trinajstić information content (AvgIpc) is 3.75. The van der Waals surface area contributed by atoms with Crippen molar-refractivity contribution >= 4 is 11.3 Å². The lowest BCUT2D eigenvalue weighted by Gasteiger charge is -2.16. The highest BCUT2D eigenvalue weighted by Crippen LogP contribution is 2.40. The van der Waals surface area contributed by atoms with E-state index in [0.717, 1.165) is 53.0 Å². The van der Waals surface area contributed by atoms with E-state index in [0.29, 0.717) is 11.6 Å². The third-order valence-electron chi connectivity index (χ3n) is 7.19. The summed E-state index contributed by atoms with van der Waals surface area (Å²) >= 11 is 0. The van der Waals surface area contributed by atoms with E-state index in [-0.39, 0.29) is 18.2 Å². The topological polar surface area (TPSA) is 87.1 Å². The highest BCUT2D eigenvalue weighted by molar-refractivity contribution is 5.98. The number of rotatable bonds is 7. The van der Waals surface area contributed by atoms with Crippen LogP contribution in [0.25, 0.3) is 39.5 Å². The summed E-state index contributed by atoms with van der Waals surface area (Å²) in [5, 5.41) is 13.6. The zero-order valence-electron chi connectivity index (χ0n) is 23.7. The summed E-state index contributed by atoms with van der Waals surface area (Å²) in [6.45, 7) is 8.26. The Kier molecular flexibility index (Phi) is 7.79. The van der Waals surface area contributed by atoms with E-state index in [1.165, 1.54) is 0 Å². The predicted molar refractivity (Wildman–Crippen MR) is 156 cm³/mol. The number of nitrogens with one attached hydrogen (secondary N) is 1. The third-order valence-corrected chi connectivity index (χ3v) is 7.19. The first kappa shape index (κ1) is 26.6. The van der Waals surface area contributed by atoms with Crippen LogP contribution in [0.5, 0.6) is 0 Å². The normalized spacial score (nSPS) is 17.0. The Morgan fingerprint density at radius 1 is 1.03 bits per heavy atom. The molecule has 1 fully saturated rings. The largest absolute Gasteiger partial charge is 0.381 e. The van der Waals surface area contributed by atoms with Gasteiger partial charge in [0.1, 0.15) is 5.52 Å². The lowest BCUT2D eigenvalue weighted by Crippen LogP contribution is -2.19. The van der Waals surface area contributed by atoms with Gasteiger partial charge in [-0.3, -0.25) is 4.68 Å². The minimum atomic E-state index is 0.264. The number of aromatic nitrogens is 7. The Labute approximate surface area is 229 Å². The molecule has 0 aliphatic heterocycles. The Hall–Kier alpha value is -3.98. The lowest BCUT2D eigenvalue weighted by molar-refractivity contribution is 0.108. The molecule has 39 heavy (non-hydrogen) atoms. The van der Waals surface area contributed by atoms with Gasteiger partial charge in [0.05, 0.1) is 11.8 Å². The van der Waals surface area contributed by atoms with Crippen LogP contribution in [0.3, 0.4) is 0 Å². The Balaban J connectivity index is 0.00000151. The van der Waals surface area contributed by atoms with Crippen molar-refractivity contribution in [3.05, 3.63) is 61.2 Å². The first-order valence-corrected chi connectivity index (χ1v) is 13.8. The highest BCUT2D eigenvalue weighted by atomic mass is 16.5. The molecule has 4 heterocycles. The standard InChI is InChI=1S/C28H32N8O.C2H6/c1-18(2)35-14-12-23(32-35)22-17-36-25(24(22)19-8-6-5-7-9-19)26(30-20-10-11-21(16-20)37-4)31-27(33-36)28-29-13-15-34(28)3;1-2/h5-9,12-15,17-18,20-21H,10-11,16H2,1-4H3,(H,30,31,33);1-2H3. The molecule has 0 saturated heterocycles. The smallest absolute Gasteiger partial charge is 0.218 e. The predicted octanol–water partition coefficient (Wildman–Crippen LogP) is 6.25. The number of anilines is 1. The van der Waals surface area contributed by atoms with Crippen LogP contribution in [0.2, 0.25) is 0 Å². The molecule has 1 saturated carbocycles. The zero-order valence-corrected chi connectivity index (χ0v) is 23.7. The van der Waals surface area contributed by atoms with Crippen molar-refractivity contribution < 1.29 is 4.74 Å². The van der Waals surface area contributed by atoms with Crippen molar-refractivity contribution in [1.29, 1.82) is 0 Å². The molecule has 9 nitrogen and oxygen atoms in total. The average molecular weight is 527 g/mol. The summed E-state index contributed by atoms with van der Waals surface area (Å²) in [7, 11) is 3.75. The van der Waals surface area contributed by atoms with Crippen molar-refractivity contribution in [2.24, 2.45) is 7.05 Å². The molecule has 2 unspecified atom stereocenters. The second-order valence-electron chi connectivity index (χ2n) is 10.0. The molecular weight excluding hydrogens is 488 g/mol. The molecule has 1 aromatic carbocycles. The number of benzene rings is 1. The fourth-order valence-corrected chi connectivity index (χ4v) is 5.20. The molecule has 4 aromatic heterocycles. The number of aryl methyl sites for hydroxylation is 1. The number of ether oxygens (including phenoxy) is 1. The quantitative estimate of drug-likeness (QED) is 0.270. The van der Waals surface area contributed by atoms with Gasteiger partial charge in [-0.05, 0) is 44.7 Å². The maximum atomic E-state index is 5.64. The molecular formula is C30H38N8O. The molecule has 6 rings (SSSR count). The summed E-state index contributed by atoms with van der Waals surface area (Å²) in [5.41, 5.74) is 5.00. The summed E-state index contributed by atoms with van der Waals surface area (Å²) in [6.07, 6.45) is 11.0. The first-order valence-electron chi connectivity index (χ1n) is 13.8. The van der Waals surface area contributed by atoms with Crippen LogP contribution in [0, 0.1) is 0 Å². The number of fused-ring (bicyclic) bond motifs is 1. The Morgan fingerprint density at radius 2 is 1.82 bits per heavy atom. The van der Waals surface area contributed by atoms with Gasteiger partial charge in [0.15, 0.2) is 11.6 Å². The second-order valence-corrected chi connectivity index (χ2v) is 10.0. The molecule has 9 heteroatoms. The monoisotopic (exact) mass is 526 g/mol. The first-order chi connectivity index (χ1) is 19.0. The van der Waals surface area contributed by atoms with E-state index >= 15 is 0 Å². The molecule has 2 atom stereocenters. The maximum Gasteiger partial charge on any atom is 0.218 e. The van der Waals surface area contributed by atoms with E-state index in [9.17, 15) is 0 Å². The van der Waals surface area contributed by atoms with Crippen LogP contribution in [0.4, 0.5) is 5.82 Å². The third kappa shape index (κ3) is 5.18. The summed E-state index contributed by atoms with van der Waals surface area (Å²) < 4.78 is 11.5. The van der Waals surface area contributed by atoms with Gasteiger partial charge in [-0.25, -0.2) is 14.5 Å². The van der Waals surface area contributed by atoms with Crippen LogP contribution < -0.4 is 5.32 Å². The van der Waals surface area contributed by atoms with E-state index < -0.39 is 0 Å². The molecule has 1 N–H and O–H groups in total. The summed E-state index contributed by atoms with van der Waals surface area (Å²) in [5.74, 6) is 2.08. The maximum absolute atomic E-state index is 5.64. The van der Waals surface area contributed by atoms with Gasteiger partial charge >= 0.3 is 0 Å². The van der Waals surface area contributed by atoms with E-state index in [1.807, 2.05) is 53.1 Å². The molecule has 0 amide bonds. The van der Waals surface area contributed by atoms with Gasteiger partial charge in [0.2, 0.25) is 5.82 Å². The van der Waals surface area contributed by atoms with E-state index in [1.54, 1.807) is 13.3 Å². The van der Waals surface area contributed by atoms with Crippen LogP contribution >= 0.6 is 0 Å². The molecule has 204 valence electrons. The molecule has 1 aliphatic carbocycles. The molecule has 0 radical (unpaired) electrons. The van der Waals surface area contributed by atoms with Gasteiger partial charge in [-0.2, -0.15) is 5.10 Å². The number of methoxy groups -OCH3 is 1. The van der Waals surface area contributed by atoms with Gasteiger partial charge in [0.25, 0.3) is 0 Å². The van der Waals surface area contributed by atoms with Crippen LogP contribution in [-0.2, 0) is 11.8 Å². The second kappa shape index (κ2) is 11.4. The number of hydrogen-bond donors (Lipinski definition) is 1. The van der Waals surface area contributed by atoms with Gasteiger partial charge in [-0.1, -0.05) is 44.2 Å². The van der Waals surface area contributed by atoms with Crippen LogP contribution in [-0.4, -0.2) is 53.2 Å². The van der Waals surface area contributed by atoms with Crippen molar-refractivity contribution in [1.82, 2.24) is 33.9 Å². The SMILES string of the molecule is CC.COC1CCC(Nc2nc(-c3nccn3C)nn3cc(-c4ccn(C(C)C)n4)c(-c4ccccc4)c23)C1. The number of imidazole rings is 1. The molecule has 1 aliphatic rings. The fraction of sp³-hybridized carbons (Fsp3) is 0.400. The van der Waals surface area contributed by atoms with Gasteiger partial charge in [0, 0.05) is 62.2 Å². The minimum Gasteiger partial charge on any atom is -0.381 e. The summed E-state index contributed by atoms with van der Waals surface area (Å²) in [4.78, 5) is 9.57. The van der Waals surface area contributed by atoms with Crippen molar-refractivity contribution in [2.45, 2.75) is 65.1 Å². The van der Waals surface area contributed by atoms with E-state index in [2.05, 4.69) is 60.7 Å². The number of hydrogen-bond acceptors (Lipinski definition) is 6. The van der Waals surface area contributed by atoms with Gasteiger partial charge in [-0.15, -0.1) is 5.10 Å². The van der Waals surface area contributed by atoms with Crippen LogP contribution in [0.1, 0.15) is 53.0 Å².